The first-order valence-electron chi connectivity index (χ1n) is 4.51. The average molecular weight is 225 g/mol. The predicted molar refractivity (Wildman–Crippen MR) is 55.5 cm³/mol. The lowest BCUT2D eigenvalue weighted by Crippen LogP contribution is -2.04. The highest BCUT2D eigenvalue weighted by Crippen LogP contribution is 2.27. The van der Waals surface area contributed by atoms with Gasteiger partial charge in [-0.05, 0) is 19.1 Å². The molecule has 1 rings (SSSR count). The number of aromatic carboxylic acids is 1. The summed E-state index contributed by atoms with van der Waals surface area (Å²) in [7, 11) is 1.43. The minimum absolute atomic E-state index is 0.112. The number of methoxy groups -OCH3 is 1. The van der Waals surface area contributed by atoms with Gasteiger partial charge in [-0.25, -0.2) is 4.79 Å². The SMILES string of the molecule is CO[C@H](C)c1ccc(C(=O)O)cc1[N+](=O)[O-]. The van der Waals surface area contributed by atoms with Crippen LogP contribution >= 0.6 is 0 Å². The van der Waals surface area contributed by atoms with Crippen molar-refractivity contribution in [2.24, 2.45) is 0 Å². The van der Waals surface area contributed by atoms with Crippen LogP contribution in [0.1, 0.15) is 28.9 Å². The van der Waals surface area contributed by atoms with Gasteiger partial charge < -0.3 is 9.84 Å². The quantitative estimate of drug-likeness (QED) is 0.625. The van der Waals surface area contributed by atoms with Crippen molar-refractivity contribution in [3.05, 3.63) is 39.4 Å². The number of hydrogen-bond acceptors (Lipinski definition) is 4. The lowest BCUT2D eigenvalue weighted by atomic mass is 10.1. The summed E-state index contributed by atoms with van der Waals surface area (Å²) in [4.78, 5) is 20.8. The second kappa shape index (κ2) is 4.71. The second-order valence-electron chi connectivity index (χ2n) is 3.21. The molecule has 0 spiro atoms. The van der Waals surface area contributed by atoms with Crippen LogP contribution in [0.4, 0.5) is 5.69 Å². The number of ether oxygens (including phenoxy) is 1. The van der Waals surface area contributed by atoms with Crippen molar-refractivity contribution < 1.29 is 19.6 Å². The predicted octanol–water partition coefficient (Wildman–Crippen LogP) is 2.00. The molecule has 0 fully saturated rings. The second-order valence-corrected chi connectivity index (χ2v) is 3.21. The zero-order valence-electron chi connectivity index (χ0n) is 8.84. The minimum atomic E-state index is -1.19. The molecule has 0 heterocycles. The molecule has 0 aliphatic carbocycles. The molecule has 0 unspecified atom stereocenters. The molecule has 0 amide bonds. The highest BCUT2D eigenvalue weighted by Gasteiger charge is 2.20. The van der Waals surface area contributed by atoms with Gasteiger partial charge in [-0.15, -0.1) is 0 Å². The maximum absolute atomic E-state index is 10.8. The van der Waals surface area contributed by atoms with Crippen molar-refractivity contribution in [2.45, 2.75) is 13.0 Å². The van der Waals surface area contributed by atoms with Crippen LogP contribution in [-0.2, 0) is 4.74 Å². The van der Waals surface area contributed by atoms with Gasteiger partial charge in [-0.1, -0.05) is 0 Å². The highest BCUT2D eigenvalue weighted by molar-refractivity contribution is 5.88. The molecule has 0 aliphatic rings. The Kier molecular flexibility index (Phi) is 3.57. The van der Waals surface area contributed by atoms with E-state index in [9.17, 15) is 14.9 Å². The van der Waals surface area contributed by atoms with E-state index in [4.69, 9.17) is 9.84 Å². The molecule has 6 nitrogen and oxygen atoms in total. The molecule has 0 bridgehead atoms. The van der Waals surface area contributed by atoms with Crippen molar-refractivity contribution in [1.29, 1.82) is 0 Å². The van der Waals surface area contributed by atoms with Gasteiger partial charge in [0, 0.05) is 13.2 Å². The zero-order chi connectivity index (χ0) is 12.3. The Hall–Kier alpha value is -1.95. The molecule has 86 valence electrons. The maximum atomic E-state index is 10.8. The first kappa shape index (κ1) is 12.1. The summed E-state index contributed by atoms with van der Waals surface area (Å²) in [5, 5.41) is 19.5. The summed E-state index contributed by atoms with van der Waals surface area (Å²) in [6.45, 7) is 1.66. The number of hydrogen-bond donors (Lipinski definition) is 1. The fraction of sp³-hybridized carbons (Fsp3) is 0.300. The molecule has 1 N–H and O–H groups in total. The average Bonchev–Trinajstić information content (AvgIpc) is 2.26. The molecule has 16 heavy (non-hydrogen) atoms. The standard InChI is InChI=1S/C10H11NO5/c1-6(16-2)8-4-3-7(10(12)13)5-9(8)11(14)15/h3-6H,1-2H3,(H,12,13)/t6-/m1/s1. The van der Waals surface area contributed by atoms with Gasteiger partial charge in [-0.2, -0.15) is 0 Å². The molecule has 0 radical (unpaired) electrons. The zero-order valence-corrected chi connectivity index (χ0v) is 8.84. The largest absolute Gasteiger partial charge is 0.478 e. The van der Waals surface area contributed by atoms with E-state index in [1.807, 2.05) is 0 Å². The van der Waals surface area contributed by atoms with Crippen LogP contribution in [0.3, 0.4) is 0 Å². The third kappa shape index (κ3) is 2.34. The van der Waals surface area contributed by atoms with E-state index in [0.717, 1.165) is 6.07 Å². The molecular weight excluding hydrogens is 214 g/mol. The van der Waals surface area contributed by atoms with Crippen LogP contribution in [0, 0.1) is 10.1 Å². The summed E-state index contributed by atoms with van der Waals surface area (Å²) in [5.74, 6) is -1.19. The van der Waals surface area contributed by atoms with E-state index in [2.05, 4.69) is 0 Å². The van der Waals surface area contributed by atoms with Gasteiger partial charge in [0.1, 0.15) is 0 Å². The van der Waals surface area contributed by atoms with Crippen LogP contribution in [0.25, 0.3) is 0 Å². The first-order chi connectivity index (χ1) is 7.47. The summed E-state index contributed by atoms with van der Waals surface area (Å²) >= 11 is 0. The number of nitro groups is 1. The van der Waals surface area contributed by atoms with Crippen LogP contribution in [0.2, 0.25) is 0 Å². The Bertz CT molecular complexity index is 429. The third-order valence-electron chi connectivity index (χ3n) is 2.27. The number of benzene rings is 1. The smallest absolute Gasteiger partial charge is 0.335 e. The molecular formula is C10H11NO5. The van der Waals surface area contributed by atoms with Crippen molar-refractivity contribution >= 4 is 11.7 Å². The monoisotopic (exact) mass is 225 g/mol. The Morgan fingerprint density at radius 1 is 1.56 bits per heavy atom. The topological polar surface area (TPSA) is 89.7 Å². The van der Waals surface area contributed by atoms with Crippen LogP contribution in [0.15, 0.2) is 18.2 Å². The molecule has 0 aliphatic heterocycles. The Morgan fingerprint density at radius 2 is 2.19 bits per heavy atom. The third-order valence-corrected chi connectivity index (χ3v) is 2.27. The Labute approximate surface area is 91.6 Å². The maximum Gasteiger partial charge on any atom is 0.335 e. The summed E-state index contributed by atoms with van der Waals surface area (Å²) < 4.78 is 4.98. The molecule has 0 saturated carbocycles. The molecule has 1 aromatic carbocycles. The van der Waals surface area contributed by atoms with Gasteiger partial charge in [-0.3, -0.25) is 10.1 Å². The van der Waals surface area contributed by atoms with Crippen LogP contribution < -0.4 is 0 Å². The highest BCUT2D eigenvalue weighted by atomic mass is 16.6. The minimum Gasteiger partial charge on any atom is -0.478 e. The van der Waals surface area contributed by atoms with E-state index >= 15 is 0 Å². The summed E-state index contributed by atoms with van der Waals surface area (Å²) in [6, 6.07) is 3.75. The van der Waals surface area contributed by atoms with Gasteiger partial charge in [0.25, 0.3) is 5.69 Å². The van der Waals surface area contributed by atoms with Crippen molar-refractivity contribution in [3.63, 3.8) is 0 Å². The van der Waals surface area contributed by atoms with Gasteiger partial charge in [0.15, 0.2) is 0 Å². The lowest BCUT2D eigenvalue weighted by Gasteiger charge is -2.10. The number of carboxylic acid groups (broad SMARTS) is 1. The Morgan fingerprint density at radius 3 is 2.62 bits per heavy atom. The fourth-order valence-corrected chi connectivity index (χ4v) is 1.31. The lowest BCUT2D eigenvalue weighted by molar-refractivity contribution is -0.386. The number of carboxylic acids is 1. The van der Waals surface area contributed by atoms with Crippen molar-refractivity contribution in [1.82, 2.24) is 0 Å². The van der Waals surface area contributed by atoms with E-state index in [-0.39, 0.29) is 11.3 Å². The van der Waals surface area contributed by atoms with Crippen LogP contribution in [-0.4, -0.2) is 23.1 Å². The van der Waals surface area contributed by atoms with Gasteiger partial charge in [0.2, 0.25) is 0 Å². The molecule has 6 heteroatoms. The molecule has 1 aromatic rings. The fourth-order valence-electron chi connectivity index (χ4n) is 1.31. The summed E-state index contributed by atoms with van der Waals surface area (Å²) in [5.41, 5.74) is 0.00510. The number of nitro benzene ring substituents is 1. The number of carbonyl (C=O) groups is 1. The molecule has 0 saturated heterocycles. The summed E-state index contributed by atoms with van der Waals surface area (Å²) in [6.07, 6.45) is -0.455. The van der Waals surface area contributed by atoms with Crippen molar-refractivity contribution in [3.8, 4) is 0 Å². The number of rotatable bonds is 4. The van der Waals surface area contributed by atoms with Crippen molar-refractivity contribution in [2.75, 3.05) is 7.11 Å². The molecule has 0 aromatic heterocycles. The first-order valence-corrected chi connectivity index (χ1v) is 4.51. The van der Waals surface area contributed by atoms with Gasteiger partial charge in [0.05, 0.1) is 22.2 Å². The number of nitrogens with zero attached hydrogens (tertiary/aromatic N) is 1. The van der Waals surface area contributed by atoms with E-state index in [1.165, 1.54) is 19.2 Å². The van der Waals surface area contributed by atoms with E-state index < -0.39 is 17.0 Å². The van der Waals surface area contributed by atoms with Crippen LogP contribution in [0.5, 0.6) is 0 Å². The van der Waals surface area contributed by atoms with Gasteiger partial charge >= 0.3 is 5.97 Å². The van der Waals surface area contributed by atoms with E-state index in [0.29, 0.717) is 5.56 Å². The molecule has 1 atom stereocenters. The van der Waals surface area contributed by atoms with E-state index in [1.54, 1.807) is 6.92 Å². The Balaban J connectivity index is 3.30. The normalized spacial score (nSPS) is 12.1.